The number of Topliss-reactive ketones (excluding diaryl/α,β-unsaturated/α-hetero) is 1. The van der Waals surface area contributed by atoms with Gasteiger partial charge in [-0.1, -0.05) is 48.5 Å². The van der Waals surface area contributed by atoms with Crippen LogP contribution in [0.3, 0.4) is 0 Å². The van der Waals surface area contributed by atoms with Gasteiger partial charge in [0.25, 0.3) is 0 Å². The molecule has 0 unspecified atom stereocenters. The number of hydrogen-bond acceptors (Lipinski definition) is 2. The van der Waals surface area contributed by atoms with Crippen molar-refractivity contribution in [2.45, 2.75) is 6.10 Å². The molecule has 0 aliphatic heterocycles. The molecule has 0 radical (unpaired) electrons. The number of aliphatic hydroxyl groups excluding tert-OH is 1. The van der Waals surface area contributed by atoms with Gasteiger partial charge in [0.2, 0.25) is 0 Å². The summed E-state index contributed by atoms with van der Waals surface area (Å²) in [6.45, 7) is 0. The maximum absolute atomic E-state index is 13.5. The maximum atomic E-state index is 13.5. The van der Waals surface area contributed by atoms with Crippen LogP contribution in [0.15, 0.2) is 85.1 Å². The second kappa shape index (κ2) is 8.05. The van der Waals surface area contributed by atoms with Gasteiger partial charge in [-0.2, -0.15) is 0 Å². The minimum absolute atomic E-state index is 0.0945. The molecule has 1 atom stereocenters. The van der Waals surface area contributed by atoms with Crippen molar-refractivity contribution in [1.29, 1.82) is 0 Å². The summed E-state index contributed by atoms with van der Waals surface area (Å²) in [4.78, 5) is 12.7. The number of rotatable bonds is 5. The average Bonchev–Trinajstić information content (AvgIpc) is 3.10. The van der Waals surface area contributed by atoms with Crippen molar-refractivity contribution in [2.24, 2.45) is 7.05 Å². The number of hydrogen-bond donors (Lipinski definition) is 1. The van der Waals surface area contributed by atoms with Crippen molar-refractivity contribution >= 4 is 22.3 Å². The van der Waals surface area contributed by atoms with E-state index in [0.717, 1.165) is 40.2 Å². The van der Waals surface area contributed by atoms with Crippen LogP contribution in [0.2, 0.25) is 0 Å². The molecular formula is C25H19F2NO2. The van der Waals surface area contributed by atoms with Gasteiger partial charge >= 0.3 is 0 Å². The minimum Gasteiger partial charge on any atom is -0.381 e. The third kappa shape index (κ3) is 3.67. The molecule has 3 aromatic carbocycles. The van der Waals surface area contributed by atoms with E-state index in [4.69, 9.17) is 0 Å². The minimum atomic E-state index is -1.52. The standard InChI is InChI=1S/C25H19F2NO2/c1-28-15-20(18-9-5-6-10-23(18)28)19(16-7-3-2-4-8-16)14-24(29)25(30)17-11-12-21(26)22(27)13-17/h2-15,24,29H,1H3/b19-14+/t24-/m1/s1. The van der Waals surface area contributed by atoms with E-state index in [0.29, 0.717) is 5.57 Å². The normalized spacial score (nSPS) is 12.9. The van der Waals surface area contributed by atoms with Gasteiger partial charge in [0.1, 0.15) is 6.10 Å². The summed E-state index contributed by atoms with van der Waals surface area (Å²) in [5, 5.41) is 11.6. The molecule has 1 heterocycles. The zero-order chi connectivity index (χ0) is 21.3. The topological polar surface area (TPSA) is 42.2 Å². The van der Waals surface area contributed by atoms with Crippen LogP contribution in [0, 0.1) is 11.6 Å². The van der Waals surface area contributed by atoms with E-state index < -0.39 is 23.5 Å². The van der Waals surface area contributed by atoms with Gasteiger partial charge in [-0.25, -0.2) is 8.78 Å². The lowest BCUT2D eigenvalue weighted by atomic mass is 9.94. The molecule has 0 amide bonds. The predicted molar refractivity (Wildman–Crippen MR) is 113 cm³/mol. The van der Waals surface area contributed by atoms with Crippen LogP contribution in [-0.2, 0) is 7.05 Å². The molecule has 4 rings (SSSR count). The number of aliphatic hydroxyl groups is 1. The molecule has 3 nitrogen and oxygen atoms in total. The van der Waals surface area contributed by atoms with Crippen molar-refractivity contribution in [2.75, 3.05) is 0 Å². The molecule has 0 aliphatic carbocycles. The number of aromatic nitrogens is 1. The van der Waals surface area contributed by atoms with Gasteiger partial charge < -0.3 is 9.67 Å². The summed E-state index contributed by atoms with van der Waals surface area (Å²) < 4.78 is 28.7. The predicted octanol–water partition coefficient (Wildman–Crippen LogP) is 5.13. The Morgan fingerprint density at radius 1 is 0.933 bits per heavy atom. The largest absolute Gasteiger partial charge is 0.381 e. The van der Waals surface area contributed by atoms with Crippen LogP contribution < -0.4 is 0 Å². The Labute approximate surface area is 172 Å². The van der Waals surface area contributed by atoms with E-state index in [9.17, 15) is 18.7 Å². The Morgan fingerprint density at radius 2 is 1.63 bits per heavy atom. The lowest BCUT2D eigenvalue weighted by Gasteiger charge is -2.12. The van der Waals surface area contributed by atoms with Gasteiger partial charge in [0.05, 0.1) is 0 Å². The molecule has 4 aromatic rings. The van der Waals surface area contributed by atoms with Gasteiger partial charge in [-0.15, -0.1) is 0 Å². The molecular weight excluding hydrogens is 384 g/mol. The second-order valence-electron chi connectivity index (χ2n) is 7.06. The van der Waals surface area contributed by atoms with E-state index in [1.807, 2.05) is 72.4 Å². The van der Waals surface area contributed by atoms with Gasteiger partial charge in [-0.3, -0.25) is 4.79 Å². The first-order valence-electron chi connectivity index (χ1n) is 9.44. The van der Waals surface area contributed by atoms with Crippen molar-refractivity contribution in [3.63, 3.8) is 0 Å². The molecule has 1 N–H and O–H groups in total. The highest BCUT2D eigenvalue weighted by Crippen LogP contribution is 2.32. The van der Waals surface area contributed by atoms with Crippen LogP contribution in [0.4, 0.5) is 8.78 Å². The fourth-order valence-corrected chi connectivity index (χ4v) is 3.57. The van der Waals surface area contributed by atoms with Crippen LogP contribution in [0.1, 0.15) is 21.5 Å². The highest BCUT2D eigenvalue weighted by atomic mass is 19.2. The fraction of sp³-hybridized carbons (Fsp3) is 0.0800. The number of benzene rings is 3. The molecule has 1 aromatic heterocycles. The van der Waals surface area contributed by atoms with E-state index in [1.54, 1.807) is 0 Å². The first kappa shape index (κ1) is 19.7. The summed E-state index contributed by atoms with van der Waals surface area (Å²) in [6, 6.07) is 20.1. The second-order valence-corrected chi connectivity index (χ2v) is 7.06. The zero-order valence-electron chi connectivity index (χ0n) is 16.2. The average molecular weight is 403 g/mol. The number of carbonyl (C=O) groups excluding carboxylic acids is 1. The van der Waals surface area contributed by atoms with Gasteiger partial charge in [0.15, 0.2) is 17.4 Å². The van der Waals surface area contributed by atoms with E-state index in [2.05, 4.69) is 0 Å². The summed E-state index contributed by atoms with van der Waals surface area (Å²) in [5.74, 6) is -2.88. The molecule has 30 heavy (non-hydrogen) atoms. The van der Waals surface area contributed by atoms with E-state index >= 15 is 0 Å². The Balaban J connectivity index is 1.83. The van der Waals surface area contributed by atoms with Crippen LogP contribution in [0.25, 0.3) is 16.5 Å². The smallest absolute Gasteiger partial charge is 0.195 e. The lowest BCUT2D eigenvalue weighted by Crippen LogP contribution is -2.19. The number of halogens is 2. The number of fused-ring (bicyclic) bond motifs is 1. The lowest BCUT2D eigenvalue weighted by molar-refractivity contribution is 0.0820. The third-order valence-corrected chi connectivity index (χ3v) is 5.07. The van der Waals surface area contributed by atoms with Crippen molar-refractivity contribution in [3.05, 3.63) is 113 Å². The molecule has 150 valence electrons. The van der Waals surface area contributed by atoms with Crippen molar-refractivity contribution in [3.8, 4) is 0 Å². The Hall–Kier alpha value is -3.57. The number of aryl methyl sites for hydroxylation is 1. The van der Waals surface area contributed by atoms with Gasteiger partial charge in [-0.05, 0) is 41.5 Å². The molecule has 0 spiro atoms. The van der Waals surface area contributed by atoms with Gasteiger partial charge in [0, 0.05) is 35.3 Å². The van der Waals surface area contributed by atoms with Crippen molar-refractivity contribution < 1.29 is 18.7 Å². The third-order valence-electron chi connectivity index (χ3n) is 5.07. The van der Waals surface area contributed by atoms with Crippen LogP contribution in [-0.4, -0.2) is 21.6 Å². The molecule has 5 heteroatoms. The number of carbonyl (C=O) groups is 1. The first-order valence-corrected chi connectivity index (χ1v) is 9.44. The molecule has 0 bridgehead atoms. The quantitative estimate of drug-likeness (QED) is 0.469. The molecule has 0 fully saturated rings. The van der Waals surface area contributed by atoms with Crippen molar-refractivity contribution in [1.82, 2.24) is 4.57 Å². The Morgan fingerprint density at radius 3 is 2.37 bits per heavy atom. The Kier molecular flexibility index (Phi) is 5.29. The Bertz CT molecular complexity index is 1260. The summed E-state index contributed by atoms with van der Waals surface area (Å²) >= 11 is 0. The zero-order valence-corrected chi connectivity index (χ0v) is 16.2. The monoisotopic (exact) mass is 403 g/mol. The maximum Gasteiger partial charge on any atom is 0.195 e. The molecule has 0 saturated carbocycles. The number of ketones is 1. The first-order chi connectivity index (χ1) is 14.5. The van der Waals surface area contributed by atoms with E-state index in [1.165, 1.54) is 6.08 Å². The molecule has 0 saturated heterocycles. The number of nitrogens with zero attached hydrogens (tertiary/aromatic N) is 1. The fourth-order valence-electron chi connectivity index (χ4n) is 3.57. The summed E-state index contributed by atoms with van der Waals surface area (Å²) in [7, 11) is 1.93. The molecule has 0 aliphatic rings. The SMILES string of the molecule is Cn1cc(/C(=C/[C@@H](O)C(=O)c2ccc(F)c(F)c2)c2ccccc2)c2ccccc21. The number of para-hydroxylation sites is 1. The summed E-state index contributed by atoms with van der Waals surface area (Å²) in [5.41, 5.74) is 3.27. The van der Waals surface area contributed by atoms with Crippen LogP contribution in [0.5, 0.6) is 0 Å². The van der Waals surface area contributed by atoms with Crippen LogP contribution >= 0.6 is 0 Å². The van der Waals surface area contributed by atoms with E-state index in [-0.39, 0.29) is 5.56 Å². The summed E-state index contributed by atoms with van der Waals surface area (Å²) in [6.07, 6.45) is 1.88. The highest BCUT2D eigenvalue weighted by molar-refractivity contribution is 6.03. The highest BCUT2D eigenvalue weighted by Gasteiger charge is 2.20.